The van der Waals surface area contributed by atoms with E-state index < -0.39 is 27.4 Å². The maximum Gasteiger partial charge on any atom is 0.311 e. The number of fused-ring (bicyclic) bond motifs is 1. The summed E-state index contributed by atoms with van der Waals surface area (Å²) >= 11 is 1.62. The minimum absolute atomic E-state index is 0.0820. The molecule has 3 aliphatic heterocycles. The maximum atomic E-state index is 13.9. The average Bonchev–Trinajstić information content (AvgIpc) is 3.32. The van der Waals surface area contributed by atoms with Crippen molar-refractivity contribution in [1.29, 1.82) is 0 Å². The van der Waals surface area contributed by atoms with Crippen molar-refractivity contribution >= 4 is 29.5 Å². The molecule has 3 aliphatic rings. The van der Waals surface area contributed by atoms with E-state index in [4.69, 9.17) is 4.74 Å². The quantitative estimate of drug-likeness (QED) is 0.271. The molecule has 2 bridgehead atoms. The van der Waals surface area contributed by atoms with Gasteiger partial charge in [0.05, 0.1) is 29.8 Å². The highest BCUT2D eigenvalue weighted by molar-refractivity contribution is 8.02. The third kappa shape index (κ3) is 4.00. The highest BCUT2D eigenvalue weighted by Gasteiger charge is 2.77. The monoisotopic (exact) mass is 464 g/mol. The predicted molar refractivity (Wildman–Crippen MR) is 125 cm³/mol. The molecule has 8 heteroatoms. The molecule has 7 nitrogen and oxygen atoms in total. The number of esters is 1. The Kier molecular flexibility index (Phi) is 7.76. The Labute approximate surface area is 195 Å². The molecule has 0 aromatic carbocycles. The second-order valence-corrected chi connectivity index (χ2v) is 11.1. The Morgan fingerprint density at radius 3 is 2.72 bits per heavy atom. The highest BCUT2D eigenvalue weighted by Crippen LogP contribution is 2.71. The van der Waals surface area contributed by atoms with Gasteiger partial charge in [-0.3, -0.25) is 14.4 Å². The maximum absolute atomic E-state index is 13.9. The largest absolute Gasteiger partial charge is 0.465 e. The predicted octanol–water partition coefficient (Wildman–Crippen LogP) is 2.39. The van der Waals surface area contributed by atoms with Crippen LogP contribution in [0.5, 0.6) is 0 Å². The van der Waals surface area contributed by atoms with Crippen LogP contribution in [0.25, 0.3) is 0 Å². The van der Waals surface area contributed by atoms with Crippen LogP contribution >= 0.6 is 11.8 Å². The average molecular weight is 465 g/mol. The smallest absolute Gasteiger partial charge is 0.311 e. The van der Waals surface area contributed by atoms with Crippen molar-refractivity contribution in [2.24, 2.45) is 11.8 Å². The molecular weight excluding hydrogens is 428 g/mol. The van der Waals surface area contributed by atoms with Crippen LogP contribution in [0, 0.1) is 11.8 Å². The Balaban J connectivity index is 1.98. The van der Waals surface area contributed by atoms with Crippen LogP contribution in [0.15, 0.2) is 25.3 Å². The van der Waals surface area contributed by atoms with Gasteiger partial charge in [0.1, 0.15) is 6.04 Å². The number of carbonyl (C=O) groups excluding carboxylic acids is 3. The minimum atomic E-state index is -0.693. The molecule has 3 fully saturated rings. The van der Waals surface area contributed by atoms with Crippen molar-refractivity contribution < 1.29 is 24.2 Å². The van der Waals surface area contributed by atoms with Crippen molar-refractivity contribution in [3.8, 4) is 0 Å². The fraction of sp³-hybridized carbons (Fsp3) is 0.708. The first-order valence-corrected chi connectivity index (χ1v) is 12.4. The zero-order chi connectivity index (χ0) is 23.5. The first-order valence-electron chi connectivity index (χ1n) is 11.6. The lowest BCUT2D eigenvalue weighted by atomic mass is 9.66. The van der Waals surface area contributed by atoms with E-state index in [0.717, 1.165) is 19.3 Å². The number of carbonyl (C=O) groups is 3. The number of hydrogen-bond donors (Lipinski definition) is 1. The van der Waals surface area contributed by atoms with Crippen LogP contribution in [-0.2, 0) is 19.1 Å². The normalized spacial score (nSPS) is 32.7. The lowest BCUT2D eigenvalue weighted by Gasteiger charge is -2.37. The third-order valence-corrected chi connectivity index (χ3v) is 9.10. The summed E-state index contributed by atoms with van der Waals surface area (Å²) in [6.45, 7) is 12.6. The van der Waals surface area contributed by atoms with Gasteiger partial charge in [0.25, 0.3) is 0 Å². The third-order valence-electron chi connectivity index (χ3n) is 7.11. The molecule has 3 rings (SSSR count). The van der Waals surface area contributed by atoms with Crippen LogP contribution in [0.2, 0.25) is 0 Å². The molecule has 1 N–H and O–H groups in total. The first-order chi connectivity index (χ1) is 15.3. The van der Waals surface area contributed by atoms with Gasteiger partial charge in [0.15, 0.2) is 0 Å². The molecule has 0 saturated carbocycles. The van der Waals surface area contributed by atoms with Crippen LogP contribution in [0.3, 0.4) is 0 Å². The number of amides is 2. The van der Waals surface area contributed by atoms with E-state index >= 15 is 0 Å². The molecule has 3 saturated heterocycles. The number of β-amino-alcohol motifs (C(OH)–C–C–N with tert-alkyl or cyclic N) is 1. The Morgan fingerprint density at radius 2 is 2.09 bits per heavy atom. The van der Waals surface area contributed by atoms with E-state index in [1.54, 1.807) is 28.8 Å². The molecule has 2 amide bonds. The van der Waals surface area contributed by atoms with Crippen molar-refractivity contribution in [2.45, 2.75) is 61.5 Å². The van der Waals surface area contributed by atoms with E-state index in [0.29, 0.717) is 25.9 Å². The van der Waals surface area contributed by atoms with Crippen LogP contribution in [-0.4, -0.2) is 81.1 Å². The lowest BCUT2D eigenvalue weighted by Crippen LogP contribution is -2.55. The van der Waals surface area contributed by atoms with Crippen molar-refractivity contribution in [3.63, 3.8) is 0 Å². The number of thioether (sulfide) groups is 1. The molecule has 1 spiro atoms. The van der Waals surface area contributed by atoms with Crippen molar-refractivity contribution in [1.82, 2.24) is 9.80 Å². The Morgan fingerprint density at radius 1 is 1.34 bits per heavy atom. The summed E-state index contributed by atoms with van der Waals surface area (Å²) in [5.74, 6) is -1.90. The second-order valence-electron chi connectivity index (χ2n) is 9.15. The van der Waals surface area contributed by atoms with Crippen molar-refractivity contribution in [3.05, 3.63) is 25.3 Å². The fourth-order valence-corrected chi connectivity index (χ4v) is 8.05. The summed E-state index contributed by atoms with van der Waals surface area (Å²) in [6.07, 6.45) is 7.19. The number of ether oxygens (including phenoxy) is 1. The zero-order valence-electron chi connectivity index (χ0n) is 19.3. The molecule has 2 unspecified atom stereocenters. The molecule has 0 aromatic rings. The Bertz CT molecular complexity index is 773. The van der Waals surface area contributed by atoms with Gasteiger partial charge >= 0.3 is 5.97 Å². The number of aliphatic hydroxyl groups is 1. The van der Waals surface area contributed by atoms with Gasteiger partial charge in [-0.2, -0.15) is 0 Å². The summed E-state index contributed by atoms with van der Waals surface area (Å²) in [5.41, 5.74) is 0. The molecule has 32 heavy (non-hydrogen) atoms. The molecule has 0 aromatic heterocycles. The van der Waals surface area contributed by atoms with Crippen LogP contribution in [0.1, 0.15) is 46.0 Å². The summed E-state index contributed by atoms with van der Waals surface area (Å²) in [5, 5.41) is 9.68. The molecule has 5 atom stereocenters. The molecule has 0 radical (unpaired) electrons. The SMILES string of the molecule is C=CCCOC(=O)[C@@H]1[C@H]2C(=O)N(CCO)C(C(=O)N(CC=C)CCCC)C23CC[C@@]1(C)S3. The van der Waals surface area contributed by atoms with Crippen LogP contribution in [0.4, 0.5) is 0 Å². The second kappa shape index (κ2) is 10.00. The Hall–Kier alpha value is -1.80. The zero-order valence-corrected chi connectivity index (χ0v) is 20.1. The summed E-state index contributed by atoms with van der Waals surface area (Å²) in [6, 6.07) is -0.693. The van der Waals surface area contributed by atoms with Gasteiger partial charge in [-0.25, -0.2) is 0 Å². The lowest BCUT2D eigenvalue weighted by molar-refractivity contribution is -0.155. The van der Waals surface area contributed by atoms with E-state index in [1.165, 1.54) is 4.90 Å². The number of nitrogens with zero attached hydrogens (tertiary/aromatic N) is 2. The van der Waals surface area contributed by atoms with E-state index in [2.05, 4.69) is 20.1 Å². The van der Waals surface area contributed by atoms with E-state index in [9.17, 15) is 19.5 Å². The number of aliphatic hydroxyl groups excluding tert-OH is 1. The van der Waals surface area contributed by atoms with Gasteiger partial charge in [-0.1, -0.05) is 25.5 Å². The van der Waals surface area contributed by atoms with Gasteiger partial charge in [-0.05, 0) is 32.6 Å². The molecule has 0 aliphatic carbocycles. The molecular formula is C24H36N2O5S. The summed E-state index contributed by atoms with van der Waals surface area (Å²) < 4.78 is 4.40. The summed E-state index contributed by atoms with van der Waals surface area (Å²) in [7, 11) is 0. The van der Waals surface area contributed by atoms with Crippen molar-refractivity contribution in [2.75, 3.05) is 32.8 Å². The summed E-state index contributed by atoms with van der Waals surface area (Å²) in [4.78, 5) is 43.9. The molecule has 3 heterocycles. The molecule has 178 valence electrons. The van der Waals surface area contributed by atoms with Crippen LogP contribution < -0.4 is 0 Å². The van der Waals surface area contributed by atoms with Gasteiger partial charge < -0.3 is 19.6 Å². The topological polar surface area (TPSA) is 87.1 Å². The standard InChI is InChI=1S/C24H36N2O5S/c1-5-8-13-25(12-7-3)21(29)19-24-11-10-23(4,32-24)18(22(30)31-16-9-6-2)17(24)20(28)26(19)14-15-27/h6-7,17-19,27H,2-3,5,8-16H2,1,4H3/t17-,18-,19?,23+,24?/m0/s1. The van der Waals surface area contributed by atoms with Gasteiger partial charge in [0, 0.05) is 24.4 Å². The first kappa shape index (κ1) is 24.8. The van der Waals surface area contributed by atoms with Gasteiger partial charge in [0.2, 0.25) is 11.8 Å². The number of hydrogen-bond acceptors (Lipinski definition) is 6. The number of likely N-dealkylation sites (tertiary alicyclic amines) is 1. The van der Waals surface area contributed by atoms with E-state index in [-0.39, 0.29) is 37.5 Å². The van der Waals surface area contributed by atoms with E-state index in [1.807, 2.05) is 6.92 Å². The minimum Gasteiger partial charge on any atom is -0.465 e. The van der Waals surface area contributed by atoms with Gasteiger partial charge in [-0.15, -0.1) is 24.9 Å². The number of rotatable bonds is 12. The number of unbranched alkanes of at least 4 members (excludes halogenated alkanes) is 1. The highest BCUT2D eigenvalue weighted by atomic mass is 32.2. The fourth-order valence-electron chi connectivity index (χ4n) is 5.71.